The summed E-state index contributed by atoms with van der Waals surface area (Å²) in [6.45, 7) is 1.12. The first-order chi connectivity index (χ1) is 9.28. The van der Waals surface area contributed by atoms with Gasteiger partial charge in [0.05, 0.1) is 12.1 Å². The second-order valence-electron chi connectivity index (χ2n) is 3.89. The number of rotatable bonds is 5. The van der Waals surface area contributed by atoms with Gasteiger partial charge < -0.3 is 15.8 Å². The number of benzene rings is 1. The number of nitrogens with zero attached hydrogens (tertiary/aromatic N) is 2. The molecule has 5 heteroatoms. The molecule has 0 bridgehead atoms. The molecule has 0 unspecified atom stereocenters. The van der Waals surface area contributed by atoms with E-state index in [1.165, 1.54) is 6.20 Å². The number of nitrogens with two attached hydrogens (primary N) is 1. The van der Waals surface area contributed by atoms with Crippen molar-refractivity contribution in [3.05, 3.63) is 48.2 Å². The predicted molar refractivity (Wildman–Crippen MR) is 73.8 cm³/mol. The van der Waals surface area contributed by atoms with Crippen LogP contribution in [0.1, 0.15) is 5.56 Å². The lowest BCUT2D eigenvalue weighted by molar-refractivity contribution is 0.333. The lowest BCUT2D eigenvalue weighted by Crippen LogP contribution is -2.12. The van der Waals surface area contributed by atoms with Crippen LogP contribution in [0.15, 0.2) is 42.6 Å². The van der Waals surface area contributed by atoms with Gasteiger partial charge in [0, 0.05) is 18.0 Å². The Hall–Kier alpha value is -2.74. The molecule has 0 radical (unpaired) electrons. The largest absolute Gasteiger partial charge is 0.492 e. The van der Waals surface area contributed by atoms with Gasteiger partial charge >= 0.3 is 0 Å². The molecule has 0 spiro atoms. The van der Waals surface area contributed by atoms with Crippen molar-refractivity contribution in [1.82, 2.24) is 4.98 Å². The van der Waals surface area contributed by atoms with Gasteiger partial charge in [-0.1, -0.05) is 6.07 Å². The van der Waals surface area contributed by atoms with Gasteiger partial charge in [-0.2, -0.15) is 5.26 Å². The molecule has 0 atom stereocenters. The van der Waals surface area contributed by atoms with Crippen molar-refractivity contribution in [1.29, 1.82) is 5.26 Å². The van der Waals surface area contributed by atoms with E-state index in [9.17, 15) is 0 Å². The van der Waals surface area contributed by atoms with Crippen molar-refractivity contribution in [2.24, 2.45) is 0 Å². The van der Waals surface area contributed by atoms with Crippen LogP contribution in [0.3, 0.4) is 0 Å². The molecule has 2 rings (SSSR count). The van der Waals surface area contributed by atoms with Crippen molar-refractivity contribution in [2.75, 3.05) is 24.2 Å². The Morgan fingerprint density at radius 3 is 2.89 bits per heavy atom. The molecule has 3 N–H and O–H groups in total. The molecule has 0 fully saturated rings. The van der Waals surface area contributed by atoms with E-state index in [1.54, 1.807) is 18.2 Å². The molecule has 0 aliphatic heterocycles. The molecule has 0 aliphatic carbocycles. The lowest BCUT2D eigenvalue weighted by atomic mass is 10.3. The van der Waals surface area contributed by atoms with Gasteiger partial charge in [-0.25, -0.2) is 4.98 Å². The summed E-state index contributed by atoms with van der Waals surface area (Å²) in [5.41, 5.74) is 6.87. The van der Waals surface area contributed by atoms with Crippen molar-refractivity contribution >= 4 is 11.5 Å². The Morgan fingerprint density at radius 1 is 1.32 bits per heavy atom. The van der Waals surface area contributed by atoms with Crippen molar-refractivity contribution < 1.29 is 4.74 Å². The minimum Gasteiger partial charge on any atom is -0.492 e. The van der Waals surface area contributed by atoms with E-state index < -0.39 is 0 Å². The third-order valence-corrected chi connectivity index (χ3v) is 2.43. The molecular weight excluding hydrogens is 240 g/mol. The lowest BCUT2D eigenvalue weighted by Gasteiger charge is -2.08. The van der Waals surface area contributed by atoms with Gasteiger partial charge in [0.2, 0.25) is 0 Å². The van der Waals surface area contributed by atoms with Crippen LogP contribution in [0.4, 0.5) is 11.5 Å². The van der Waals surface area contributed by atoms with Crippen LogP contribution in [0, 0.1) is 11.3 Å². The summed E-state index contributed by atoms with van der Waals surface area (Å²) in [5.74, 6) is 1.46. The fourth-order valence-corrected chi connectivity index (χ4v) is 1.52. The number of nitrogens with one attached hydrogen (secondary N) is 1. The molecule has 0 saturated carbocycles. The van der Waals surface area contributed by atoms with E-state index in [0.717, 1.165) is 11.6 Å². The maximum atomic E-state index is 8.65. The van der Waals surface area contributed by atoms with Gasteiger partial charge in [0.15, 0.2) is 0 Å². The van der Waals surface area contributed by atoms with Crippen molar-refractivity contribution in [3.8, 4) is 11.8 Å². The minimum atomic E-state index is 0.505. The first kappa shape index (κ1) is 12.7. The molecule has 1 heterocycles. The number of hydrogen-bond acceptors (Lipinski definition) is 5. The molecule has 0 saturated heterocycles. The van der Waals surface area contributed by atoms with Gasteiger partial charge in [-0.3, -0.25) is 0 Å². The Morgan fingerprint density at radius 2 is 2.21 bits per heavy atom. The molecule has 2 aromatic rings. The van der Waals surface area contributed by atoms with Gasteiger partial charge in [-0.15, -0.1) is 0 Å². The molecule has 5 nitrogen and oxygen atoms in total. The summed E-state index contributed by atoms with van der Waals surface area (Å²) < 4.78 is 5.53. The van der Waals surface area contributed by atoms with Crippen LogP contribution in [-0.2, 0) is 0 Å². The smallest absolute Gasteiger partial charge is 0.126 e. The van der Waals surface area contributed by atoms with Crippen LogP contribution >= 0.6 is 0 Å². The van der Waals surface area contributed by atoms with Crippen LogP contribution in [0.2, 0.25) is 0 Å². The summed E-state index contributed by atoms with van der Waals surface area (Å²) >= 11 is 0. The highest BCUT2D eigenvalue weighted by molar-refractivity contribution is 5.43. The molecule has 0 aliphatic rings. The number of anilines is 2. The number of hydrogen-bond donors (Lipinski definition) is 2. The van der Waals surface area contributed by atoms with E-state index in [-0.39, 0.29) is 0 Å². The molecule has 0 amide bonds. The van der Waals surface area contributed by atoms with Gasteiger partial charge in [0.1, 0.15) is 24.2 Å². The van der Waals surface area contributed by atoms with Crippen LogP contribution in [-0.4, -0.2) is 18.1 Å². The fourth-order valence-electron chi connectivity index (χ4n) is 1.52. The Bertz CT molecular complexity index is 575. The average Bonchev–Trinajstić information content (AvgIpc) is 2.44. The topological polar surface area (TPSA) is 84.0 Å². The zero-order valence-electron chi connectivity index (χ0n) is 10.3. The number of nitrogen functional groups attached to an aromatic ring is 1. The van der Waals surface area contributed by atoms with E-state index in [4.69, 9.17) is 15.7 Å². The maximum Gasteiger partial charge on any atom is 0.126 e. The highest BCUT2D eigenvalue weighted by Gasteiger charge is 1.96. The molecule has 19 heavy (non-hydrogen) atoms. The number of nitriles is 1. The maximum absolute atomic E-state index is 8.65. The first-order valence-electron chi connectivity index (χ1n) is 5.86. The monoisotopic (exact) mass is 254 g/mol. The quantitative estimate of drug-likeness (QED) is 0.630. The highest BCUT2D eigenvalue weighted by Crippen LogP contribution is 2.14. The average molecular weight is 254 g/mol. The number of ether oxygens (including phenoxy) is 1. The summed E-state index contributed by atoms with van der Waals surface area (Å²) in [6, 6.07) is 12.8. The van der Waals surface area contributed by atoms with Crippen LogP contribution < -0.4 is 15.8 Å². The number of pyridine rings is 1. The zero-order valence-corrected chi connectivity index (χ0v) is 10.3. The zero-order chi connectivity index (χ0) is 13.5. The normalized spacial score (nSPS) is 9.63. The second kappa shape index (κ2) is 6.26. The van der Waals surface area contributed by atoms with E-state index in [0.29, 0.717) is 24.4 Å². The summed E-state index contributed by atoms with van der Waals surface area (Å²) in [7, 11) is 0. The summed E-state index contributed by atoms with van der Waals surface area (Å²) in [6.07, 6.45) is 1.53. The standard InChI is InChI=1S/C14H14N4O/c15-9-11-4-5-14(18-10-11)17-6-7-19-13-3-1-2-12(16)8-13/h1-5,8,10H,6-7,16H2,(H,17,18). The van der Waals surface area contributed by atoms with E-state index in [1.807, 2.05) is 24.3 Å². The van der Waals surface area contributed by atoms with Gasteiger partial charge in [0.25, 0.3) is 0 Å². The van der Waals surface area contributed by atoms with Crippen LogP contribution in [0.25, 0.3) is 0 Å². The van der Waals surface area contributed by atoms with Crippen molar-refractivity contribution in [3.63, 3.8) is 0 Å². The third-order valence-electron chi connectivity index (χ3n) is 2.43. The minimum absolute atomic E-state index is 0.505. The van der Waals surface area contributed by atoms with Crippen LogP contribution in [0.5, 0.6) is 5.75 Å². The molecular formula is C14H14N4O. The van der Waals surface area contributed by atoms with E-state index in [2.05, 4.69) is 10.3 Å². The highest BCUT2D eigenvalue weighted by atomic mass is 16.5. The predicted octanol–water partition coefficient (Wildman–Crippen LogP) is 2.03. The molecule has 1 aromatic heterocycles. The number of aromatic nitrogens is 1. The third kappa shape index (κ3) is 3.89. The second-order valence-corrected chi connectivity index (χ2v) is 3.89. The summed E-state index contributed by atoms with van der Waals surface area (Å²) in [4.78, 5) is 4.10. The summed E-state index contributed by atoms with van der Waals surface area (Å²) in [5, 5.41) is 11.8. The fraction of sp³-hybridized carbons (Fsp3) is 0.143. The molecule has 1 aromatic carbocycles. The van der Waals surface area contributed by atoms with E-state index >= 15 is 0 Å². The SMILES string of the molecule is N#Cc1ccc(NCCOc2cccc(N)c2)nc1. The van der Waals surface area contributed by atoms with Crippen molar-refractivity contribution in [2.45, 2.75) is 0 Å². The van der Waals surface area contributed by atoms with Gasteiger partial charge in [-0.05, 0) is 24.3 Å². The Labute approximate surface area is 111 Å². The Balaban J connectivity index is 1.76. The first-order valence-corrected chi connectivity index (χ1v) is 5.86. The molecule has 96 valence electrons. The Kier molecular flexibility index (Phi) is 4.19.